The number of carboxylic acid groups (broad SMARTS) is 1. The van der Waals surface area contributed by atoms with Crippen LogP contribution in [0.3, 0.4) is 0 Å². The number of aromatic nitrogens is 2. The Bertz CT molecular complexity index is 1730. The Morgan fingerprint density at radius 2 is 1.73 bits per heavy atom. The van der Waals surface area contributed by atoms with Crippen LogP contribution in [-0.2, 0) is 27.2 Å². The highest BCUT2D eigenvalue weighted by Gasteiger charge is 2.24. The number of halogens is 1. The summed E-state index contributed by atoms with van der Waals surface area (Å²) in [5.74, 6) is -2.71. The smallest absolute Gasteiger partial charge is 0.307 e. The number of fused-ring (bicyclic) bond motifs is 1. The molecular weight excluding hydrogens is 581 g/mol. The van der Waals surface area contributed by atoms with Crippen LogP contribution in [0.15, 0.2) is 60.7 Å². The van der Waals surface area contributed by atoms with Crippen molar-refractivity contribution >= 4 is 45.7 Å². The summed E-state index contributed by atoms with van der Waals surface area (Å²) in [6.07, 6.45) is 2.50. The third-order valence-electron chi connectivity index (χ3n) is 8.00. The molecule has 2 aliphatic heterocycles. The van der Waals surface area contributed by atoms with Crippen LogP contribution in [0.4, 0.5) is 21.5 Å². The molecule has 3 N–H and O–H groups in total. The molecule has 0 spiro atoms. The van der Waals surface area contributed by atoms with Crippen LogP contribution in [0.1, 0.15) is 45.7 Å². The second kappa shape index (κ2) is 13.4. The second-order valence-electron chi connectivity index (χ2n) is 11.2. The van der Waals surface area contributed by atoms with Gasteiger partial charge < -0.3 is 30.1 Å². The Labute approximate surface area is 258 Å². The van der Waals surface area contributed by atoms with E-state index in [1.54, 1.807) is 22.9 Å². The van der Waals surface area contributed by atoms with Crippen LogP contribution in [0.2, 0.25) is 0 Å². The lowest BCUT2D eigenvalue weighted by molar-refractivity contribution is -0.136. The van der Waals surface area contributed by atoms with E-state index in [0.29, 0.717) is 37.4 Å². The molecule has 0 bridgehead atoms. The maximum Gasteiger partial charge on any atom is 0.307 e. The van der Waals surface area contributed by atoms with Crippen molar-refractivity contribution in [1.82, 2.24) is 9.78 Å². The fourth-order valence-electron chi connectivity index (χ4n) is 5.83. The fourth-order valence-corrected chi connectivity index (χ4v) is 5.83. The molecule has 45 heavy (non-hydrogen) atoms. The normalized spacial score (nSPS) is 16.8. The predicted octanol–water partition coefficient (Wildman–Crippen LogP) is 4.71. The molecule has 2 fully saturated rings. The Morgan fingerprint density at radius 1 is 0.933 bits per heavy atom. The minimum Gasteiger partial charge on any atom is -0.481 e. The van der Waals surface area contributed by atoms with E-state index >= 15 is 0 Å². The number of rotatable bonds is 9. The number of benzene rings is 3. The average Bonchev–Trinajstić information content (AvgIpc) is 3.41. The molecule has 234 valence electrons. The molecule has 3 aromatic carbocycles. The van der Waals surface area contributed by atoms with Crippen LogP contribution >= 0.6 is 0 Å². The largest absolute Gasteiger partial charge is 0.481 e. The van der Waals surface area contributed by atoms with E-state index in [9.17, 15) is 23.9 Å². The fraction of sp³-hybridized carbons (Fsp3) is 0.333. The first-order chi connectivity index (χ1) is 21.9. The zero-order chi connectivity index (χ0) is 31.3. The molecule has 11 nitrogen and oxygen atoms in total. The van der Waals surface area contributed by atoms with E-state index in [0.717, 1.165) is 55.7 Å². The highest BCUT2D eigenvalue weighted by molar-refractivity contribution is 6.13. The minimum atomic E-state index is -1.15. The Hall–Kier alpha value is -4.81. The van der Waals surface area contributed by atoms with Crippen LogP contribution in [0, 0.1) is 5.82 Å². The lowest BCUT2D eigenvalue weighted by atomic mass is 10.1. The number of aliphatic carboxylic acids is 1. The molecule has 6 rings (SSSR count). The number of para-hydroxylation sites is 1. The Kier molecular flexibility index (Phi) is 9.03. The summed E-state index contributed by atoms with van der Waals surface area (Å²) in [6.45, 7) is 3.54. The SMILES string of the molecule is O=C(O)Cc1cc(F)ccc1NC(=O)c1ccc(N2CCCCC2)c(NC(=O)c2nn(CC3COCCO3)c3ccccc23)c1. The standard InChI is InChI=1S/C33H34FN5O6/c34-23-9-10-26(22(16-23)18-30(40)41)35-32(42)21-8-11-29(38-12-4-1-5-13-38)27(17-21)36-33(43)31-25-6-2-3-7-28(25)39(37-31)19-24-20-44-14-15-45-24/h2-3,6-11,16-17,24H,1,4-5,12-15,18-20H2,(H,35,42)(H,36,43)(H,40,41). The third-order valence-corrected chi connectivity index (χ3v) is 8.00. The van der Waals surface area contributed by atoms with Crippen molar-refractivity contribution in [2.45, 2.75) is 38.3 Å². The monoisotopic (exact) mass is 615 g/mol. The molecule has 3 heterocycles. The van der Waals surface area contributed by atoms with Gasteiger partial charge in [-0.05, 0) is 67.3 Å². The Morgan fingerprint density at radius 3 is 2.51 bits per heavy atom. The third kappa shape index (κ3) is 6.97. The summed E-state index contributed by atoms with van der Waals surface area (Å²) in [4.78, 5) is 40.8. The van der Waals surface area contributed by atoms with Gasteiger partial charge in [0, 0.05) is 29.7 Å². The van der Waals surface area contributed by atoms with Gasteiger partial charge in [-0.15, -0.1) is 0 Å². The topological polar surface area (TPSA) is 135 Å². The highest BCUT2D eigenvalue weighted by Crippen LogP contribution is 2.31. The lowest BCUT2D eigenvalue weighted by Crippen LogP contribution is -2.32. The first-order valence-corrected chi connectivity index (χ1v) is 15.0. The van der Waals surface area contributed by atoms with Crippen molar-refractivity contribution in [1.29, 1.82) is 0 Å². The zero-order valence-corrected chi connectivity index (χ0v) is 24.6. The zero-order valence-electron chi connectivity index (χ0n) is 24.6. The van der Waals surface area contributed by atoms with Gasteiger partial charge in [0.25, 0.3) is 11.8 Å². The number of hydrogen-bond donors (Lipinski definition) is 3. The van der Waals surface area contributed by atoms with E-state index in [2.05, 4.69) is 20.6 Å². The van der Waals surface area contributed by atoms with Crippen LogP contribution in [-0.4, -0.2) is 71.7 Å². The number of carbonyl (C=O) groups is 3. The molecule has 0 aliphatic carbocycles. The van der Waals surface area contributed by atoms with Gasteiger partial charge in [0.15, 0.2) is 5.69 Å². The molecule has 2 amide bonds. The number of carbonyl (C=O) groups excluding carboxylic acids is 2. The first-order valence-electron chi connectivity index (χ1n) is 15.0. The van der Waals surface area contributed by atoms with E-state index in [1.165, 1.54) is 6.07 Å². The van der Waals surface area contributed by atoms with Crippen LogP contribution in [0.25, 0.3) is 10.9 Å². The van der Waals surface area contributed by atoms with Crippen LogP contribution < -0.4 is 15.5 Å². The number of anilines is 3. The van der Waals surface area contributed by atoms with Gasteiger partial charge in [-0.3, -0.25) is 19.1 Å². The van der Waals surface area contributed by atoms with Crippen molar-refractivity contribution in [2.75, 3.05) is 48.4 Å². The maximum atomic E-state index is 13.9. The predicted molar refractivity (Wildman–Crippen MR) is 166 cm³/mol. The van der Waals surface area contributed by atoms with Gasteiger partial charge in [-0.25, -0.2) is 4.39 Å². The molecule has 1 unspecified atom stereocenters. The summed E-state index contributed by atoms with van der Waals surface area (Å²) >= 11 is 0. The number of amides is 2. The van der Waals surface area contributed by atoms with E-state index in [1.807, 2.05) is 24.3 Å². The molecule has 4 aromatic rings. The molecule has 0 radical (unpaired) electrons. The summed E-state index contributed by atoms with van der Waals surface area (Å²) in [5.41, 5.74) is 2.83. The van der Waals surface area contributed by atoms with Gasteiger partial charge >= 0.3 is 5.97 Å². The first kappa shape index (κ1) is 30.2. The van der Waals surface area contributed by atoms with E-state index in [-0.39, 0.29) is 28.6 Å². The number of ether oxygens (including phenoxy) is 2. The quantitative estimate of drug-likeness (QED) is 0.246. The average molecular weight is 616 g/mol. The van der Waals surface area contributed by atoms with E-state index < -0.39 is 30.0 Å². The number of nitrogens with one attached hydrogen (secondary N) is 2. The van der Waals surface area contributed by atoms with Crippen molar-refractivity contribution in [2.24, 2.45) is 0 Å². The molecule has 2 saturated heterocycles. The second-order valence-corrected chi connectivity index (χ2v) is 11.2. The van der Waals surface area contributed by atoms with Crippen molar-refractivity contribution < 1.29 is 33.4 Å². The van der Waals surface area contributed by atoms with Crippen LogP contribution in [0.5, 0.6) is 0 Å². The van der Waals surface area contributed by atoms with Crippen molar-refractivity contribution in [3.05, 3.63) is 83.3 Å². The van der Waals surface area contributed by atoms with E-state index in [4.69, 9.17) is 9.47 Å². The summed E-state index contributed by atoms with van der Waals surface area (Å²) in [7, 11) is 0. The lowest BCUT2D eigenvalue weighted by Gasteiger charge is -2.30. The summed E-state index contributed by atoms with van der Waals surface area (Å²) < 4.78 is 27.0. The van der Waals surface area contributed by atoms with Gasteiger partial charge in [0.2, 0.25) is 0 Å². The molecule has 1 aromatic heterocycles. The summed E-state index contributed by atoms with van der Waals surface area (Å²) in [5, 5.41) is 20.3. The highest BCUT2D eigenvalue weighted by atomic mass is 19.1. The number of carboxylic acids is 1. The molecular formula is C33H34FN5O6. The molecule has 12 heteroatoms. The van der Waals surface area contributed by atoms with Gasteiger partial charge in [0.05, 0.1) is 49.7 Å². The van der Waals surface area contributed by atoms with Gasteiger partial charge in [0.1, 0.15) is 11.9 Å². The molecule has 2 aliphatic rings. The number of nitrogens with zero attached hydrogens (tertiary/aromatic N) is 3. The minimum absolute atomic E-state index is 0.141. The van der Waals surface area contributed by atoms with Gasteiger partial charge in [-0.1, -0.05) is 18.2 Å². The molecule has 0 saturated carbocycles. The summed E-state index contributed by atoms with van der Waals surface area (Å²) in [6, 6.07) is 16.1. The number of piperidine rings is 1. The van der Waals surface area contributed by atoms with Gasteiger partial charge in [-0.2, -0.15) is 5.10 Å². The maximum absolute atomic E-state index is 13.9. The number of hydrogen-bond acceptors (Lipinski definition) is 7. The van der Waals surface area contributed by atoms with Crippen molar-refractivity contribution in [3.63, 3.8) is 0 Å². The molecule has 1 atom stereocenters. The Balaban J connectivity index is 1.30. The van der Waals surface area contributed by atoms with Crippen molar-refractivity contribution in [3.8, 4) is 0 Å².